The lowest BCUT2D eigenvalue weighted by Crippen LogP contribution is -2.27. The van der Waals surface area contributed by atoms with Crippen LogP contribution in [0.2, 0.25) is 0 Å². The first-order valence-corrected chi connectivity index (χ1v) is 5.55. The van der Waals surface area contributed by atoms with Gasteiger partial charge in [-0.2, -0.15) is 0 Å². The van der Waals surface area contributed by atoms with E-state index in [1.54, 1.807) is 6.92 Å². The summed E-state index contributed by atoms with van der Waals surface area (Å²) in [6.07, 6.45) is 0. The van der Waals surface area contributed by atoms with E-state index in [1.807, 2.05) is 39.0 Å². The number of hydrogen-bond donors (Lipinski definition) is 1. The lowest BCUT2D eigenvalue weighted by Gasteiger charge is -2.17. The SMILES string of the molecule is Cc1nc2cc(NC(=O)C(C)(C)C)ccc2o1. The van der Waals surface area contributed by atoms with Crippen LogP contribution in [-0.2, 0) is 4.79 Å². The molecule has 90 valence electrons. The molecule has 0 aliphatic rings. The molecule has 0 bridgehead atoms. The molecule has 1 N–H and O–H groups in total. The maximum Gasteiger partial charge on any atom is 0.229 e. The van der Waals surface area contributed by atoms with Crippen molar-refractivity contribution in [2.24, 2.45) is 5.41 Å². The number of amides is 1. The molecule has 2 aromatic rings. The Labute approximate surface area is 100 Å². The van der Waals surface area contributed by atoms with Crippen LogP contribution in [0, 0.1) is 12.3 Å². The normalized spacial score (nSPS) is 11.8. The van der Waals surface area contributed by atoms with Gasteiger partial charge in [0.1, 0.15) is 5.52 Å². The van der Waals surface area contributed by atoms with Crippen LogP contribution in [0.25, 0.3) is 11.1 Å². The molecule has 4 nitrogen and oxygen atoms in total. The maximum atomic E-state index is 11.8. The first-order valence-electron chi connectivity index (χ1n) is 5.55. The van der Waals surface area contributed by atoms with Gasteiger partial charge in [-0.05, 0) is 18.2 Å². The van der Waals surface area contributed by atoms with Crippen LogP contribution in [0.5, 0.6) is 0 Å². The van der Waals surface area contributed by atoms with E-state index in [0.29, 0.717) is 5.89 Å². The van der Waals surface area contributed by atoms with Gasteiger partial charge in [0.05, 0.1) is 0 Å². The first-order chi connectivity index (χ1) is 7.86. The van der Waals surface area contributed by atoms with Gasteiger partial charge in [-0.3, -0.25) is 4.79 Å². The van der Waals surface area contributed by atoms with E-state index in [2.05, 4.69) is 10.3 Å². The van der Waals surface area contributed by atoms with Crippen molar-refractivity contribution >= 4 is 22.7 Å². The zero-order valence-corrected chi connectivity index (χ0v) is 10.5. The van der Waals surface area contributed by atoms with Crippen molar-refractivity contribution < 1.29 is 9.21 Å². The molecular formula is C13H16N2O2. The van der Waals surface area contributed by atoms with Crippen molar-refractivity contribution in [1.82, 2.24) is 4.98 Å². The molecule has 1 aromatic carbocycles. The summed E-state index contributed by atoms with van der Waals surface area (Å²) in [6.45, 7) is 7.43. The summed E-state index contributed by atoms with van der Waals surface area (Å²) in [6, 6.07) is 5.44. The third-order valence-electron chi connectivity index (χ3n) is 2.43. The summed E-state index contributed by atoms with van der Waals surface area (Å²) in [4.78, 5) is 16.0. The van der Waals surface area contributed by atoms with Gasteiger partial charge in [0.15, 0.2) is 11.5 Å². The third kappa shape index (κ3) is 2.46. The second-order valence-corrected chi connectivity index (χ2v) is 5.12. The molecule has 0 aliphatic carbocycles. The monoisotopic (exact) mass is 232 g/mol. The smallest absolute Gasteiger partial charge is 0.229 e. The fourth-order valence-electron chi connectivity index (χ4n) is 1.44. The largest absolute Gasteiger partial charge is 0.441 e. The van der Waals surface area contributed by atoms with Gasteiger partial charge >= 0.3 is 0 Å². The number of hydrogen-bond acceptors (Lipinski definition) is 3. The molecule has 2 rings (SSSR count). The molecule has 1 amide bonds. The van der Waals surface area contributed by atoms with Crippen LogP contribution in [0.3, 0.4) is 0 Å². The van der Waals surface area contributed by atoms with Crippen molar-refractivity contribution in [3.05, 3.63) is 24.1 Å². The van der Waals surface area contributed by atoms with E-state index in [-0.39, 0.29) is 5.91 Å². The zero-order chi connectivity index (χ0) is 12.6. The van der Waals surface area contributed by atoms with Crippen LogP contribution in [0.1, 0.15) is 26.7 Å². The second-order valence-electron chi connectivity index (χ2n) is 5.12. The number of aromatic nitrogens is 1. The summed E-state index contributed by atoms with van der Waals surface area (Å²) in [5.41, 5.74) is 1.82. The highest BCUT2D eigenvalue weighted by Crippen LogP contribution is 2.22. The first kappa shape index (κ1) is 11.6. The number of oxazole rings is 1. The minimum absolute atomic E-state index is 0.0166. The van der Waals surface area contributed by atoms with Gasteiger partial charge in [-0.1, -0.05) is 20.8 Å². The minimum Gasteiger partial charge on any atom is -0.441 e. The fraction of sp³-hybridized carbons (Fsp3) is 0.385. The maximum absolute atomic E-state index is 11.8. The third-order valence-corrected chi connectivity index (χ3v) is 2.43. The molecular weight excluding hydrogens is 216 g/mol. The van der Waals surface area contributed by atoms with Crippen LogP contribution in [0.4, 0.5) is 5.69 Å². The lowest BCUT2D eigenvalue weighted by molar-refractivity contribution is -0.123. The Hall–Kier alpha value is -1.84. The Kier molecular flexibility index (Phi) is 2.65. The summed E-state index contributed by atoms with van der Waals surface area (Å²) in [5, 5.41) is 2.86. The standard InChI is InChI=1S/C13H16N2O2/c1-8-14-10-7-9(5-6-11(10)17-8)15-12(16)13(2,3)4/h5-7H,1-4H3,(H,15,16). The Morgan fingerprint density at radius 1 is 1.35 bits per heavy atom. The van der Waals surface area contributed by atoms with Crippen LogP contribution in [-0.4, -0.2) is 10.9 Å². The molecule has 17 heavy (non-hydrogen) atoms. The number of rotatable bonds is 1. The topological polar surface area (TPSA) is 55.1 Å². The molecule has 0 saturated heterocycles. The van der Waals surface area contributed by atoms with Gasteiger partial charge < -0.3 is 9.73 Å². The molecule has 0 radical (unpaired) electrons. The molecule has 1 aromatic heterocycles. The summed E-state index contributed by atoms with van der Waals surface area (Å²) >= 11 is 0. The number of benzene rings is 1. The highest BCUT2D eigenvalue weighted by molar-refractivity contribution is 5.95. The van der Waals surface area contributed by atoms with E-state index < -0.39 is 5.41 Å². The van der Waals surface area contributed by atoms with Crippen molar-refractivity contribution in [3.8, 4) is 0 Å². The number of carbonyl (C=O) groups excluding carboxylic acids is 1. The van der Waals surface area contributed by atoms with E-state index in [9.17, 15) is 4.79 Å². The average molecular weight is 232 g/mol. The van der Waals surface area contributed by atoms with Crippen LogP contribution < -0.4 is 5.32 Å². The number of aryl methyl sites for hydroxylation is 1. The van der Waals surface area contributed by atoms with Crippen molar-refractivity contribution in [2.45, 2.75) is 27.7 Å². The molecule has 0 spiro atoms. The molecule has 0 aliphatic heterocycles. The number of carbonyl (C=O) groups is 1. The molecule has 0 atom stereocenters. The number of anilines is 1. The van der Waals surface area contributed by atoms with Crippen LogP contribution in [0.15, 0.2) is 22.6 Å². The van der Waals surface area contributed by atoms with Gasteiger partial charge in [0.25, 0.3) is 0 Å². The molecule has 1 heterocycles. The average Bonchev–Trinajstić information content (AvgIpc) is 2.55. The number of nitrogens with one attached hydrogen (secondary N) is 1. The summed E-state index contributed by atoms with van der Waals surface area (Å²) in [7, 11) is 0. The van der Waals surface area contributed by atoms with Crippen LogP contribution >= 0.6 is 0 Å². The summed E-state index contributed by atoms with van der Waals surface area (Å²) in [5.74, 6) is 0.608. The zero-order valence-electron chi connectivity index (χ0n) is 10.5. The molecule has 0 saturated carbocycles. The quantitative estimate of drug-likeness (QED) is 0.821. The van der Waals surface area contributed by atoms with E-state index in [0.717, 1.165) is 16.8 Å². The Balaban J connectivity index is 2.28. The van der Waals surface area contributed by atoms with Gasteiger partial charge in [0.2, 0.25) is 5.91 Å². The van der Waals surface area contributed by atoms with Crippen molar-refractivity contribution in [3.63, 3.8) is 0 Å². The highest BCUT2D eigenvalue weighted by atomic mass is 16.3. The number of fused-ring (bicyclic) bond motifs is 1. The van der Waals surface area contributed by atoms with Gasteiger partial charge in [-0.15, -0.1) is 0 Å². The lowest BCUT2D eigenvalue weighted by atomic mass is 9.95. The Morgan fingerprint density at radius 3 is 2.71 bits per heavy atom. The predicted molar refractivity (Wildman–Crippen MR) is 66.8 cm³/mol. The highest BCUT2D eigenvalue weighted by Gasteiger charge is 2.21. The van der Waals surface area contributed by atoms with Crippen molar-refractivity contribution in [2.75, 3.05) is 5.32 Å². The fourth-order valence-corrected chi connectivity index (χ4v) is 1.44. The Bertz CT molecular complexity index is 564. The van der Waals surface area contributed by atoms with Gasteiger partial charge in [0, 0.05) is 18.0 Å². The van der Waals surface area contributed by atoms with Crippen molar-refractivity contribution in [1.29, 1.82) is 0 Å². The molecule has 0 fully saturated rings. The molecule has 0 unspecified atom stereocenters. The van der Waals surface area contributed by atoms with E-state index in [1.165, 1.54) is 0 Å². The molecule has 4 heteroatoms. The Morgan fingerprint density at radius 2 is 2.06 bits per heavy atom. The minimum atomic E-state index is -0.408. The van der Waals surface area contributed by atoms with E-state index in [4.69, 9.17) is 4.42 Å². The van der Waals surface area contributed by atoms with Gasteiger partial charge in [-0.25, -0.2) is 4.98 Å². The van der Waals surface area contributed by atoms with E-state index >= 15 is 0 Å². The second kappa shape index (κ2) is 3.87. The summed E-state index contributed by atoms with van der Waals surface area (Å²) < 4.78 is 5.37. The predicted octanol–water partition coefficient (Wildman–Crippen LogP) is 3.12. The number of nitrogens with zero attached hydrogens (tertiary/aromatic N) is 1.